The van der Waals surface area contributed by atoms with E-state index in [0.29, 0.717) is 5.88 Å². The zero-order valence-electron chi connectivity index (χ0n) is 5.96. The van der Waals surface area contributed by atoms with Gasteiger partial charge in [0.25, 0.3) is 0 Å². The molecule has 0 radical (unpaired) electrons. The summed E-state index contributed by atoms with van der Waals surface area (Å²) in [6, 6.07) is 1.91. The minimum atomic E-state index is 0.665. The van der Waals surface area contributed by atoms with Crippen molar-refractivity contribution in [2.45, 2.75) is 11.8 Å². The molecule has 1 aromatic rings. The normalized spacial score (nSPS) is 9.50. The van der Waals surface area contributed by atoms with E-state index in [-0.39, 0.29) is 0 Å². The van der Waals surface area contributed by atoms with Crippen LogP contribution in [-0.4, -0.2) is 12.1 Å². The molecule has 1 rings (SSSR count). The van der Waals surface area contributed by atoms with Gasteiger partial charge >= 0.3 is 0 Å². The maximum absolute atomic E-state index is 4.95. The van der Waals surface area contributed by atoms with E-state index in [4.69, 9.17) is 4.74 Å². The maximum atomic E-state index is 4.95. The summed E-state index contributed by atoms with van der Waals surface area (Å²) >= 11 is 4.12. The summed E-state index contributed by atoms with van der Waals surface area (Å²) in [5, 5.41) is 0. The van der Waals surface area contributed by atoms with Gasteiger partial charge in [-0.05, 0) is 13.0 Å². The number of hydrogen-bond acceptors (Lipinski definition) is 3. The Morgan fingerprint density at radius 3 is 2.80 bits per heavy atom. The second-order valence-electron chi connectivity index (χ2n) is 2.02. The fraction of sp³-hybridized carbons (Fsp3) is 0.286. The summed E-state index contributed by atoms with van der Waals surface area (Å²) in [5.41, 5.74) is 1.01. The zero-order chi connectivity index (χ0) is 7.56. The van der Waals surface area contributed by atoms with Crippen molar-refractivity contribution in [3.8, 4) is 5.88 Å². The third kappa shape index (κ3) is 1.42. The molecule has 3 heteroatoms. The minimum Gasteiger partial charge on any atom is -0.481 e. The van der Waals surface area contributed by atoms with Gasteiger partial charge in [-0.15, -0.1) is 12.6 Å². The van der Waals surface area contributed by atoms with E-state index in [0.717, 1.165) is 10.5 Å². The Morgan fingerprint density at radius 2 is 2.30 bits per heavy atom. The highest BCUT2D eigenvalue weighted by molar-refractivity contribution is 7.80. The van der Waals surface area contributed by atoms with Gasteiger partial charge in [-0.2, -0.15) is 0 Å². The lowest BCUT2D eigenvalue weighted by Crippen LogP contribution is -1.89. The van der Waals surface area contributed by atoms with E-state index in [2.05, 4.69) is 17.6 Å². The third-order valence-electron chi connectivity index (χ3n) is 1.21. The highest BCUT2D eigenvalue weighted by atomic mass is 32.1. The van der Waals surface area contributed by atoms with Gasteiger partial charge in [0.05, 0.1) is 7.11 Å². The summed E-state index contributed by atoms with van der Waals surface area (Å²) in [6.07, 6.45) is 1.66. The average Bonchev–Trinajstić information content (AvgIpc) is 1.88. The second-order valence-corrected chi connectivity index (χ2v) is 2.54. The molecule has 10 heavy (non-hydrogen) atoms. The maximum Gasteiger partial charge on any atom is 0.215 e. The fourth-order valence-corrected chi connectivity index (χ4v) is 1.01. The van der Waals surface area contributed by atoms with Crippen molar-refractivity contribution in [1.82, 2.24) is 4.98 Å². The van der Waals surface area contributed by atoms with Crippen LogP contribution in [0.15, 0.2) is 17.2 Å². The van der Waals surface area contributed by atoms with Gasteiger partial charge < -0.3 is 4.74 Å². The standard InChI is InChI=1S/C7H9NOS/c1-5-3-6(10)4-8-7(5)9-2/h3-4,10H,1-2H3. The Balaban J connectivity index is 3.07. The minimum absolute atomic E-state index is 0.665. The number of methoxy groups -OCH3 is 1. The molecule has 0 saturated carbocycles. The monoisotopic (exact) mass is 155 g/mol. The van der Waals surface area contributed by atoms with Gasteiger partial charge in [0.15, 0.2) is 0 Å². The molecule has 1 heterocycles. The number of pyridine rings is 1. The first-order valence-corrected chi connectivity index (χ1v) is 3.38. The first kappa shape index (κ1) is 7.41. The van der Waals surface area contributed by atoms with Crippen molar-refractivity contribution in [3.63, 3.8) is 0 Å². The van der Waals surface area contributed by atoms with E-state index in [1.165, 1.54) is 0 Å². The highest BCUT2D eigenvalue weighted by Gasteiger charge is 1.97. The van der Waals surface area contributed by atoms with E-state index in [1.54, 1.807) is 13.3 Å². The molecular formula is C7H9NOS. The van der Waals surface area contributed by atoms with E-state index in [9.17, 15) is 0 Å². The molecule has 0 fully saturated rings. The van der Waals surface area contributed by atoms with Gasteiger partial charge in [-0.1, -0.05) is 0 Å². The Kier molecular flexibility index (Phi) is 2.17. The van der Waals surface area contributed by atoms with Gasteiger partial charge in [0.2, 0.25) is 5.88 Å². The largest absolute Gasteiger partial charge is 0.481 e. The zero-order valence-corrected chi connectivity index (χ0v) is 6.85. The van der Waals surface area contributed by atoms with Crippen LogP contribution in [0.1, 0.15) is 5.56 Å². The van der Waals surface area contributed by atoms with Gasteiger partial charge in [0, 0.05) is 16.7 Å². The molecule has 54 valence electrons. The van der Waals surface area contributed by atoms with Crippen LogP contribution < -0.4 is 4.74 Å². The molecule has 1 aromatic heterocycles. The highest BCUT2D eigenvalue weighted by Crippen LogP contribution is 2.15. The molecule has 0 spiro atoms. The smallest absolute Gasteiger partial charge is 0.215 e. The van der Waals surface area contributed by atoms with Crippen LogP contribution in [0, 0.1) is 6.92 Å². The molecule has 0 aliphatic carbocycles. The Bertz CT molecular complexity index is 237. The Morgan fingerprint density at radius 1 is 1.60 bits per heavy atom. The predicted molar refractivity (Wildman–Crippen MR) is 42.8 cm³/mol. The van der Waals surface area contributed by atoms with Crippen LogP contribution in [0.2, 0.25) is 0 Å². The molecule has 0 aromatic carbocycles. The predicted octanol–water partition coefficient (Wildman–Crippen LogP) is 1.69. The van der Waals surface area contributed by atoms with E-state index < -0.39 is 0 Å². The van der Waals surface area contributed by atoms with E-state index in [1.807, 2.05) is 13.0 Å². The first-order chi connectivity index (χ1) is 4.74. The molecule has 0 atom stereocenters. The van der Waals surface area contributed by atoms with Gasteiger partial charge in [0.1, 0.15) is 0 Å². The number of ether oxygens (including phenoxy) is 1. The van der Waals surface area contributed by atoms with Crippen LogP contribution in [0.5, 0.6) is 5.88 Å². The molecule has 0 saturated heterocycles. The average molecular weight is 155 g/mol. The number of hydrogen-bond donors (Lipinski definition) is 1. The van der Waals surface area contributed by atoms with Crippen molar-refractivity contribution in [2.75, 3.05) is 7.11 Å². The lowest BCUT2D eigenvalue weighted by molar-refractivity contribution is 0.394. The SMILES string of the molecule is COc1ncc(S)cc1C. The molecule has 0 amide bonds. The number of aryl methyl sites for hydroxylation is 1. The van der Waals surface area contributed by atoms with Crippen molar-refractivity contribution >= 4 is 12.6 Å². The summed E-state index contributed by atoms with van der Waals surface area (Å²) in [7, 11) is 1.60. The van der Waals surface area contributed by atoms with Gasteiger partial charge in [-0.3, -0.25) is 0 Å². The second kappa shape index (κ2) is 2.92. The molecule has 0 unspecified atom stereocenters. The molecule has 0 aliphatic rings. The lowest BCUT2D eigenvalue weighted by atomic mass is 10.3. The van der Waals surface area contributed by atoms with Crippen molar-refractivity contribution < 1.29 is 4.74 Å². The van der Waals surface area contributed by atoms with Crippen molar-refractivity contribution in [2.24, 2.45) is 0 Å². The van der Waals surface area contributed by atoms with E-state index >= 15 is 0 Å². The summed E-state index contributed by atoms with van der Waals surface area (Å²) in [5.74, 6) is 0.665. The quantitative estimate of drug-likeness (QED) is 0.623. The first-order valence-electron chi connectivity index (χ1n) is 2.93. The molecule has 0 aliphatic heterocycles. The van der Waals surface area contributed by atoms with Crippen molar-refractivity contribution in [3.05, 3.63) is 17.8 Å². The molecule has 0 bridgehead atoms. The summed E-state index contributed by atoms with van der Waals surface area (Å²) in [6.45, 7) is 1.94. The molecule has 0 N–H and O–H groups in total. The van der Waals surface area contributed by atoms with Crippen LogP contribution >= 0.6 is 12.6 Å². The Hall–Kier alpha value is -0.700. The van der Waals surface area contributed by atoms with Crippen LogP contribution in [0.4, 0.5) is 0 Å². The number of aromatic nitrogens is 1. The van der Waals surface area contributed by atoms with Crippen molar-refractivity contribution in [1.29, 1.82) is 0 Å². The Labute approximate surface area is 65.6 Å². The topological polar surface area (TPSA) is 22.1 Å². The van der Waals surface area contributed by atoms with Crippen LogP contribution in [0.25, 0.3) is 0 Å². The summed E-state index contributed by atoms with van der Waals surface area (Å²) < 4.78 is 4.95. The number of nitrogens with zero attached hydrogens (tertiary/aromatic N) is 1. The lowest BCUT2D eigenvalue weighted by Gasteiger charge is -2.01. The van der Waals surface area contributed by atoms with Crippen LogP contribution in [0.3, 0.4) is 0 Å². The molecule has 2 nitrogen and oxygen atoms in total. The summed E-state index contributed by atoms with van der Waals surface area (Å²) in [4.78, 5) is 4.86. The van der Waals surface area contributed by atoms with Gasteiger partial charge in [-0.25, -0.2) is 4.98 Å². The van der Waals surface area contributed by atoms with Crippen LogP contribution in [-0.2, 0) is 0 Å². The number of rotatable bonds is 1. The fourth-order valence-electron chi connectivity index (χ4n) is 0.761. The third-order valence-corrected chi connectivity index (χ3v) is 1.45. The number of thiol groups is 1. The molecular weight excluding hydrogens is 146 g/mol.